The number of rotatable bonds is 9. The Bertz CT molecular complexity index is 190. The van der Waals surface area contributed by atoms with Gasteiger partial charge in [0.05, 0.1) is 0 Å². The number of hydrogen-bond acceptors (Lipinski definition) is 5. The molecule has 0 spiro atoms. The van der Waals surface area contributed by atoms with Crippen molar-refractivity contribution in [2.24, 2.45) is 0 Å². The zero-order chi connectivity index (χ0) is 12.4. The van der Waals surface area contributed by atoms with Crippen LogP contribution in [0.3, 0.4) is 0 Å². The molecule has 0 aliphatic heterocycles. The fourth-order valence-corrected chi connectivity index (χ4v) is 3.52. The van der Waals surface area contributed by atoms with Crippen molar-refractivity contribution >= 4 is 77.7 Å². The quantitative estimate of drug-likeness (QED) is 0.482. The van der Waals surface area contributed by atoms with E-state index in [1.54, 1.807) is 0 Å². The summed E-state index contributed by atoms with van der Waals surface area (Å²) in [4.78, 5) is 0. The van der Waals surface area contributed by atoms with Gasteiger partial charge in [0, 0.05) is 77.6 Å². The zero-order valence-corrected chi connectivity index (χ0v) is 16.5. The molecule has 17 heavy (non-hydrogen) atoms. The molecule has 0 amide bonds. The van der Waals surface area contributed by atoms with Crippen LogP contribution in [0.4, 0.5) is 0 Å². The monoisotopic (exact) mass is 305 g/mol. The standard InChI is InChI=1S/C10H22O4SSi.K/c1-5-9-10(15)14-16(11-6-2,12-7-3)13-8-4;/h5-9H2,1-4H3;. The Labute approximate surface area is 154 Å². The first kappa shape index (κ1) is 20.9. The van der Waals surface area contributed by atoms with Gasteiger partial charge in [-0.25, -0.2) is 0 Å². The Morgan fingerprint density at radius 2 is 1.35 bits per heavy atom. The van der Waals surface area contributed by atoms with E-state index in [0.29, 0.717) is 24.9 Å². The summed E-state index contributed by atoms with van der Waals surface area (Å²) >= 11 is 5.12. The van der Waals surface area contributed by atoms with Crippen LogP contribution < -0.4 is 0 Å². The summed E-state index contributed by atoms with van der Waals surface area (Å²) in [5.74, 6) is 0. The fourth-order valence-electron chi connectivity index (χ4n) is 1.14. The molecular formula is C10H22KO4SSi. The van der Waals surface area contributed by atoms with E-state index in [1.165, 1.54) is 0 Å². The van der Waals surface area contributed by atoms with Crippen LogP contribution in [0.2, 0.25) is 0 Å². The van der Waals surface area contributed by atoms with Crippen LogP contribution >= 0.6 is 12.2 Å². The summed E-state index contributed by atoms with van der Waals surface area (Å²) in [5, 5.41) is 0.504. The van der Waals surface area contributed by atoms with Gasteiger partial charge in [0.15, 0.2) is 5.05 Å². The smallest absolute Gasteiger partial charge is 0.474 e. The molecule has 0 aromatic carbocycles. The first-order valence-corrected chi connectivity index (χ1v) is 7.81. The van der Waals surface area contributed by atoms with Crippen molar-refractivity contribution in [3.05, 3.63) is 0 Å². The number of thiocarbonyl (C=S) groups is 1. The van der Waals surface area contributed by atoms with Gasteiger partial charge >= 0.3 is 9.05 Å². The molecule has 0 aromatic heterocycles. The Balaban J connectivity index is 0. The van der Waals surface area contributed by atoms with E-state index in [2.05, 4.69) is 0 Å². The summed E-state index contributed by atoms with van der Waals surface area (Å²) in [6.45, 7) is 9.15. The number of hydrogen-bond donors (Lipinski definition) is 0. The van der Waals surface area contributed by atoms with Gasteiger partial charge in [-0.1, -0.05) is 6.92 Å². The maximum atomic E-state index is 5.60. The van der Waals surface area contributed by atoms with Crippen LogP contribution in [0.15, 0.2) is 0 Å². The molecule has 0 N–H and O–H groups in total. The minimum Gasteiger partial charge on any atom is -0.474 e. The third kappa shape index (κ3) is 9.20. The zero-order valence-electron chi connectivity index (χ0n) is 11.6. The van der Waals surface area contributed by atoms with Gasteiger partial charge in [-0.05, 0) is 39.4 Å². The average molecular weight is 306 g/mol. The summed E-state index contributed by atoms with van der Waals surface area (Å²) in [6, 6.07) is 0. The van der Waals surface area contributed by atoms with Gasteiger partial charge in [-0.15, -0.1) is 0 Å². The largest absolute Gasteiger partial charge is 0.750 e. The molecule has 4 nitrogen and oxygen atoms in total. The van der Waals surface area contributed by atoms with Crippen LogP contribution in [-0.2, 0) is 17.7 Å². The minimum absolute atomic E-state index is 0. The second kappa shape index (κ2) is 12.6. The van der Waals surface area contributed by atoms with Crippen molar-refractivity contribution in [1.82, 2.24) is 0 Å². The van der Waals surface area contributed by atoms with E-state index < -0.39 is 9.05 Å². The minimum atomic E-state index is -3.04. The molecule has 0 aliphatic rings. The Morgan fingerprint density at radius 1 is 0.941 bits per heavy atom. The predicted octanol–water partition coefficient (Wildman–Crippen LogP) is 2.29. The van der Waals surface area contributed by atoms with Gasteiger partial charge in [-0.3, -0.25) is 0 Å². The molecule has 0 unspecified atom stereocenters. The van der Waals surface area contributed by atoms with Crippen molar-refractivity contribution in [3.63, 3.8) is 0 Å². The average Bonchev–Trinajstić information content (AvgIpc) is 2.18. The molecular weight excluding hydrogens is 283 g/mol. The Morgan fingerprint density at radius 3 is 1.65 bits per heavy atom. The maximum absolute atomic E-state index is 5.60. The topological polar surface area (TPSA) is 36.9 Å². The predicted molar refractivity (Wildman–Crippen MR) is 75.0 cm³/mol. The van der Waals surface area contributed by atoms with Crippen molar-refractivity contribution in [2.75, 3.05) is 19.8 Å². The molecule has 97 valence electrons. The van der Waals surface area contributed by atoms with Crippen LogP contribution in [0.25, 0.3) is 0 Å². The van der Waals surface area contributed by atoms with Gasteiger partial charge in [0.2, 0.25) is 0 Å². The molecule has 0 heterocycles. The van der Waals surface area contributed by atoms with E-state index in [-0.39, 0.29) is 51.4 Å². The fraction of sp³-hybridized carbons (Fsp3) is 0.900. The third-order valence-electron chi connectivity index (χ3n) is 1.66. The van der Waals surface area contributed by atoms with Gasteiger partial charge in [0.1, 0.15) is 0 Å². The maximum Gasteiger partial charge on any atom is 0.750 e. The van der Waals surface area contributed by atoms with Crippen molar-refractivity contribution < 1.29 is 17.7 Å². The van der Waals surface area contributed by atoms with Gasteiger partial charge in [0.25, 0.3) is 0 Å². The molecule has 0 aromatic rings. The van der Waals surface area contributed by atoms with Crippen LogP contribution in [-0.4, -0.2) is 85.3 Å². The van der Waals surface area contributed by atoms with Crippen molar-refractivity contribution in [2.45, 2.75) is 40.5 Å². The molecule has 7 heteroatoms. The normalized spacial score (nSPS) is 10.8. The molecule has 0 bridgehead atoms. The van der Waals surface area contributed by atoms with E-state index in [1.807, 2.05) is 27.7 Å². The van der Waals surface area contributed by atoms with E-state index >= 15 is 0 Å². The molecule has 0 saturated carbocycles. The van der Waals surface area contributed by atoms with Crippen LogP contribution in [0.1, 0.15) is 40.5 Å². The summed E-state index contributed by atoms with van der Waals surface area (Å²) in [5.41, 5.74) is 0. The van der Waals surface area contributed by atoms with E-state index in [9.17, 15) is 0 Å². The summed E-state index contributed by atoms with van der Waals surface area (Å²) in [6.07, 6.45) is 1.66. The van der Waals surface area contributed by atoms with Gasteiger partial charge in [-0.2, -0.15) is 0 Å². The second-order valence-electron chi connectivity index (χ2n) is 3.02. The molecule has 0 saturated heterocycles. The molecule has 0 rings (SSSR count). The molecule has 0 atom stereocenters. The third-order valence-corrected chi connectivity index (χ3v) is 4.51. The van der Waals surface area contributed by atoms with E-state index in [4.69, 9.17) is 29.9 Å². The van der Waals surface area contributed by atoms with Gasteiger partial charge < -0.3 is 17.7 Å². The van der Waals surface area contributed by atoms with Crippen LogP contribution in [0, 0.1) is 0 Å². The summed E-state index contributed by atoms with van der Waals surface area (Å²) < 4.78 is 22.1. The molecule has 1 radical (unpaired) electrons. The first-order chi connectivity index (χ1) is 7.64. The van der Waals surface area contributed by atoms with Crippen LogP contribution in [0.5, 0.6) is 0 Å². The molecule has 0 aliphatic carbocycles. The SMILES string of the molecule is CCCC(=S)O[Si](OCC)(OCC)OCC.[K]. The van der Waals surface area contributed by atoms with Crippen molar-refractivity contribution in [3.8, 4) is 0 Å². The second-order valence-corrected chi connectivity index (χ2v) is 5.55. The van der Waals surface area contributed by atoms with Crippen molar-refractivity contribution in [1.29, 1.82) is 0 Å². The Hall–Kier alpha value is 1.62. The summed E-state index contributed by atoms with van der Waals surface area (Å²) in [7, 11) is -3.04. The first-order valence-electron chi connectivity index (χ1n) is 5.77. The van der Waals surface area contributed by atoms with E-state index in [0.717, 1.165) is 12.8 Å². The molecule has 0 fully saturated rings. The Kier molecular flexibility index (Phi) is 15.6.